The number of fused-ring (bicyclic) bond motifs is 2. The predicted octanol–water partition coefficient (Wildman–Crippen LogP) is 5.66. The molecular formula is C29H34O6. The van der Waals surface area contributed by atoms with E-state index in [1.807, 2.05) is 38.1 Å². The van der Waals surface area contributed by atoms with Crippen molar-refractivity contribution >= 4 is 22.7 Å². The zero-order chi connectivity index (χ0) is 25.4. The van der Waals surface area contributed by atoms with Crippen molar-refractivity contribution < 1.29 is 28.5 Å². The maximum Gasteiger partial charge on any atom is 0.330 e. The summed E-state index contributed by atoms with van der Waals surface area (Å²) in [4.78, 5) is 23.4. The van der Waals surface area contributed by atoms with Crippen molar-refractivity contribution in [3.05, 3.63) is 72.4 Å². The molecule has 2 aromatic carbocycles. The fourth-order valence-corrected chi connectivity index (χ4v) is 4.09. The van der Waals surface area contributed by atoms with E-state index < -0.39 is 11.9 Å². The summed E-state index contributed by atoms with van der Waals surface area (Å²) in [7, 11) is 0. The van der Waals surface area contributed by atoms with Gasteiger partial charge in [-0.05, 0) is 32.6 Å². The Balaban J connectivity index is 1.99. The van der Waals surface area contributed by atoms with Gasteiger partial charge in [0.25, 0.3) is 0 Å². The molecule has 0 amide bonds. The molecule has 6 heteroatoms. The molecule has 0 heterocycles. The summed E-state index contributed by atoms with van der Waals surface area (Å²) in [5.74, 6) is 0.647. The maximum atomic E-state index is 11.7. The lowest BCUT2D eigenvalue weighted by atomic mass is 9.87. The Labute approximate surface area is 207 Å². The van der Waals surface area contributed by atoms with Gasteiger partial charge in [0.15, 0.2) is 0 Å². The number of rotatable bonds is 12. The zero-order valence-electron chi connectivity index (χ0n) is 20.8. The molecule has 2 aromatic rings. The Morgan fingerprint density at radius 1 is 0.886 bits per heavy atom. The third kappa shape index (κ3) is 6.32. The minimum Gasteiger partial charge on any atom is -0.489 e. The van der Waals surface area contributed by atoms with Crippen LogP contribution in [0.25, 0.3) is 10.8 Å². The van der Waals surface area contributed by atoms with E-state index in [9.17, 15) is 9.59 Å². The van der Waals surface area contributed by atoms with Crippen LogP contribution in [0, 0.1) is 0 Å². The van der Waals surface area contributed by atoms with Crippen molar-refractivity contribution in [1.82, 2.24) is 0 Å². The molecule has 6 nitrogen and oxygen atoms in total. The number of carbonyl (C=O) groups excluding carboxylic acids is 2. The Bertz CT molecular complexity index is 1130. The Morgan fingerprint density at radius 2 is 1.37 bits per heavy atom. The van der Waals surface area contributed by atoms with Crippen LogP contribution < -0.4 is 9.47 Å². The zero-order valence-corrected chi connectivity index (χ0v) is 20.8. The van der Waals surface area contributed by atoms with E-state index in [2.05, 4.69) is 26.2 Å². The first-order valence-electron chi connectivity index (χ1n) is 12.0. The Morgan fingerprint density at radius 3 is 1.83 bits per heavy atom. The first-order valence-corrected chi connectivity index (χ1v) is 12.0. The molecule has 35 heavy (non-hydrogen) atoms. The molecule has 0 saturated heterocycles. The molecule has 0 spiro atoms. The molecule has 0 aliphatic heterocycles. The maximum absolute atomic E-state index is 11.7. The van der Waals surface area contributed by atoms with Gasteiger partial charge in [-0.25, -0.2) is 9.59 Å². The van der Waals surface area contributed by atoms with Crippen molar-refractivity contribution in [2.24, 2.45) is 0 Å². The molecule has 0 aromatic heterocycles. The number of ether oxygens (including phenoxy) is 4. The van der Waals surface area contributed by atoms with E-state index in [1.54, 1.807) is 0 Å². The lowest BCUT2D eigenvalue weighted by Gasteiger charge is -2.27. The summed E-state index contributed by atoms with van der Waals surface area (Å²) in [5.41, 5.74) is 3.38. The number of benzene rings is 2. The van der Waals surface area contributed by atoms with Gasteiger partial charge in [-0.15, -0.1) is 0 Å². The van der Waals surface area contributed by atoms with Crippen LogP contribution in [0.2, 0.25) is 0 Å². The normalized spacial score (nSPS) is 14.2. The largest absolute Gasteiger partial charge is 0.489 e. The summed E-state index contributed by atoms with van der Waals surface area (Å²) < 4.78 is 23.5. The highest BCUT2D eigenvalue weighted by Gasteiger charge is 2.25. The van der Waals surface area contributed by atoms with Crippen LogP contribution in [0.1, 0.15) is 44.7 Å². The minimum absolute atomic E-state index is 0.241. The monoisotopic (exact) mass is 478 g/mol. The summed E-state index contributed by atoms with van der Waals surface area (Å²) >= 11 is 0. The summed E-state index contributed by atoms with van der Waals surface area (Å²) in [5, 5.41) is 1.85. The van der Waals surface area contributed by atoms with Crippen LogP contribution in [-0.2, 0) is 31.9 Å². The van der Waals surface area contributed by atoms with Gasteiger partial charge in [-0.2, -0.15) is 0 Å². The summed E-state index contributed by atoms with van der Waals surface area (Å²) in [6.45, 7) is 13.4. The molecule has 2 unspecified atom stereocenters. The minimum atomic E-state index is -0.461. The summed E-state index contributed by atoms with van der Waals surface area (Å²) in [6.07, 6.45) is 6.47. The van der Waals surface area contributed by atoms with Crippen LogP contribution in [0.5, 0.6) is 11.5 Å². The molecule has 0 N–H and O–H groups in total. The average Bonchev–Trinajstić information content (AvgIpc) is 2.88. The van der Waals surface area contributed by atoms with Gasteiger partial charge in [0, 0.05) is 34.1 Å². The second kappa shape index (κ2) is 12.2. The van der Waals surface area contributed by atoms with Crippen LogP contribution in [0.15, 0.2) is 61.2 Å². The van der Waals surface area contributed by atoms with Crippen LogP contribution in [0.4, 0.5) is 0 Å². The number of hydrogen-bond acceptors (Lipinski definition) is 6. The van der Waals surface area contributed by atoms with Crippen LogP contribution >= 0.6 is 0 Å². The topological polar surface area (TPSA) is 71.1 Å². The number of carbonyl (C=O) groups is 2. The van der Waals surface area contributed by atoms with Gasteiger partial charge >= 0.3 is 11.9 Å². The molecule has 0 saturated carbocycles. The Kier molecular flexibility index (Phi) is 9.12. The molecule has 3 rings (SSSR count). The van der Waals surface area contributed by atoms with Crippen molar-refractivity contribution in [3.63, 3.8) is 0 Å². The van der Waals surface area contributed by atoms with Gasteiger partial charge in [0.1, 0.15) is 36.9 Å². The van der Waals surface area contributed by atoms with Crippen LogP contribution in [0.3, 0.4) is 0 Å². The van der Waals surface area contributed by atoms with E-state index in [0.717, 1.165) is 52.0 Å². The number of allylic oxidation sites excluding steroid dienone is 2. The fraction of sp³-hybridized carbons (Fsp3) is 0.379. The standard InChI is InChI=1S/C29H34O6/c1-6-20(34-26(30)8-3)17-32-28-22-12-10-11-13-23(22)29(25-16-19(5)14-15-24(25)28)33-18-21(7-2)35-27(31)9-4/h8-14,20-21H,3-4,6-7,15-18H2,1-2,5H3. The quantitative estimate of drug-likeness (QED) is 0.223. The number of hydrogen-bond donors (Lipinski definition) is 0. The molecule has 186 valence electrons. The second-order valence-corrected chi connectivity index (χ2v) is 8.56. The predicted molar refractivity (Wildman–Crippen MR) is 137 cm³/mol. The van der Waals surface area contributed by atoms with E-state index in [4.69, 9.17) is 18.9 Å². The lowest BCUT2D eigenvalue weighted by molar-refractivity contribution is -0.145. The first kappa shape index (κ1) is 26.1. The van der Waals surface area contributed by atoms with Gasteiger partial charge in [0.2, 0.25) is 0 Å². The van der Waals surface area contributed by atoms with Gasteiger partial charge in [-0.1, -0.05) is 62.9 Å². The van der Waals surface area contributed by atoms with Crippen molar-refractivity contribution in [3.8, 4) is 11.5 Å². The van der Waals surface area contributed by atoms with Gasteiger partial charge in [-0.3, -0.25) is 0 Å². The Hall–Kier alpha value is -3.54. The van der Waals surface area contributed by atoms with Crippen LogP contribution in [-0.4, -0.2) is 37.4 Å². The molecule has 0 fully saturated rings. The third-order valence-corrected chi connectivity index (χ3v) is 6.08. The SMILES string of the molecule is C=CC(=O)OC(CC)COc1c2c(c(OCC(CC)OC(=O)C=C)c3ccccc13)CC(C)=CC2. The molecule has 0 radical (unpaired) electrons. The van der Waals surface area contributed by atoms with Crippen molar-refractivity contribution in [2.45, 2.75) is 58.7 Å². The molecule has 1 aliphatic carbocycles. The fourth-order valence-electron chi connectivity index (χ4n) is 4.09. The van der Waals surface area contributed by atoms with E-state index in [1.165, 1.54) is 5.57 Å². The highest BCUT2D eigenvalue weighted by Crippen LogP contribution is 2.44. The smallest absolute Gasteiger partial charge is 0.330 e. The van der Waals surface area contributed by atoms with Gasteiger partial charge < -0.3 is 18.9 Å². The summed E-state index contributed by atoms with van der Waals surface area (Å²) in [6, 6.07) is 7.95. The number of esters is 2. The highest BCUT2D eigenvalue weighted by atomic mass is 16.6. The lowest BCUT2D eigenvalue weighted by Crippen LogP contribution is -2.25. The first-order chi connectivity index (χ1) is 16.9. The van der Waals surface area contributed by atoms with Crippen molar-refractivity contribution in [2.75, 3.05) is 13.2 Å². The molecule has 2 atom stereocenters. The van der Waals surface area contributed by atoms with E-state index >= 15 is 0 Å². The third-order valence-electron chi connectivity index (χ3n) is 6.08. The van der Waals surface area contributed by atoms with Gasteiger partial charge in [0.05, 0.1) is 0 Å². The molecular weight excluding hydrogens is 444 g/mol. The average molecular weight is 479 g/mol. The highest BCUT2D eigenvalue weighted by molar-refractivity contribution is 5.96. The van der Waals surface area contributed by atoms with E-state index in [0.29, 0.717) is 19.3 Å². The van der Waals surface area contributed by atoms with E-state index in [-0.39, 0.29) is 25.4 Å². The second-order valence-electron chi connectivity index (χ2n) is 8.56. The molecule has 0 bridgehead atoms. The van der Waals surface area contributed by atoms with Crippen molar-refractivity contribution in [1.29, 1.82) is 0 Å². The molecule has 1 aliphatic rings.